The third-order valence-electron chi connectivity index (χ3n) is 5.93. The first kappa shape index (κ1) is 22.0. The van der Waals surface area contributed by atoms with Crippen molar-refractivity contribution < 1.29 is 4.79 Å². The van der Waals surface area contributed by atoms with E-state index < -0.39 is 0 Å². The van der Waals surface area contributed by atoms with Crippen molar-refractivity contribution in [3.63, 3.8) is 0 Å². The fourth-order valence-electron chi connectivity index (χ4n) is 4.83. The highest BCUT2D eigenvalue weighted by molar-refractivity contribution is 5.85. The lowest BCUT2D eigenvalue weighted by Gasteiger charge is -2.24. The minimum absolute atomic E-state index is 0. The van der Waals surface area contributed by atoms with Crippen molar-refractivity contribution in [1.29, 1.82) is 0 Å². The molecule has 1 aliphatic carbocycles. The Hall–Kier alpha value is -0.0300. The van der Waals surface area contributed by atoms with E-state index in [1.54, 1.807) is 0 Å². The molecule has 1 N–H and O–H groups in total. The number of hydrogen-bond donors (Lipinski definition) is 1. The molecule has 3 rings (SSSR count). The van der Waals surface area contributed by atoms with Crippen molar-refractivity contribution in [3.8, 4) is 0 Å². The van der Waals surface area contributed by atoms with Gasteiger partial charge < -0.3 is 15.1 Å². The molecule has 1 amide bonds. The second-order valence-corrected chi connectivity index (χ2v) is 7.81. The summed E-state index contributed by atoms with van der Waals surface area (Å²) in [5.41, 5.74) is 0. The van der Waals surface area contributed by atoms with Gasteiger partial charge in [-0.25, -0.2) is 0 Å². The van der Waals surface area contributed by atoms with E-state index in [-0.39, 0.29) is 30.9 Å². The van der Waals surface area contributed by atoms with Crippen LogP contribution in [0.2, 0.25) is 0 Å². The summed E-state index contributed by atoms with van der Waals surface area (Å²) in [5, 5.41) is 3.64. The number of carbonyl (C=O) groups excluding carboxylic acids is 1. The second-order valence-electron chi connectivity index (χ2n) is 7.81. The molecular weight excluding hydrogens is 345 g/mol. The summed E-state index contributed by atoms with van der Waals surface area (Å²) in [6, 6.07) is 0.733. The number of amides is 1. The maximum atomic E-state index is 12.8. The van der Waals surface area contributed by atoms with Crippen LogP contribution in [-0.2, 0) is 4.79 Å². The molecule has 0 aromatic carbocycles. The fourth-order valence-corrected chi connectivity index (χ4v) is 4.83. The first-order valence-corrected chi connectivity index (χ1v) is 9.40. The van der Waals surface area contributed by atoms with Crippen molar-refractivity contribution in [2.45, 2.75) is 64.0 Å². The van der Waals surface area contributed by atoms with E-state index in [0.717, 1.165) is 38.5 Å². The summed E-state index contributed by atoms with van der Waals surface area (Å²) in [4.78, 5) is 17.4. The Labute approximate surface area is 159 Å². The first-order valence-electron chi connectivity index (χ1n) is 9.40. The molecule has 0 aromatic heterocycles. The van der Waals surface area contributed by atoms with Crippen LogP contribution in [0.3, 0.4) is 0 Å². The third kappa shape index (κ3) is 5.23. The van der Waals surface area contributed by atoms with Crippen molar-refractivity contribution in [3.05, 3.63) is 0 Å². The summed E-state index contributed by atoms with van der Waals surface area (Å²) < 4.78 is 0. The highest BCUT2D eigenvalue weighted by Gasteiger charge is 2.40. The van der Waals surface area contributed by atoms with Gasteiger partial charge in [0.2, 0.25) is 5.91 Å². The zero-order valence-corrected chi connectivity index (χ0v) is 16.8. The minimum atomic E-state index is 0. The summed E-state index contributed by atoms with van der Waals surface area (Å²) in [7, 11) is 2.21. The molecule has 3 aliphatic rings. The highest BCUT2D eigenvalue weighted by Crippen LogP contribution is 2.34. The number of likely N-dealkylation sites (tertiary alicyclic amines) is 1. The van der Waals surface area contributed by atoms with Crippen LogP contribution in [0.4, 0.5) is 0 Å². The molecule has 142 valence electrons. The molecule has 24 heavy (non-hydrogen) atoms. The van der Waals surface area contributed by atoms with Crippen LogP contribution < -0.4 is 5.32 Å². The molecule has 4 atom stereocenters. The van der Waals surface area contributed by atoms with Gasteiger partial charge in [-0.05, 0) is 57.5 Å². The van der Waals surface area contributed by atoms with Gasteiger partial charge in [-0.3, -0.25) is 4.79 Å². The van der Waals surface area contributed by atoms with Crippen molar-refractivity contribution in [1.82, 2.24) is 15.1 Å². The molecule has 2 saturated heterocycles. The SMILES string of the molecule is CCCN(C)CC1CCN(C(=O)C2CC3CCCCC3N2)C1.Cl.Cl. The van der Waals surface area contributed by atoms with Crippen LogP contribution >= 0.6 is 24.8 Å². The zero-order valence-electron chi connectivity index (χ0n) is 15.2. The van der Waals surface area contributed by atoms with Crippen LogP contribution in [0.15, 0.2) is 0 Å². The maximum Gasteiger partial charge on any atom is 0.239 e. The third-order valence-corrected chi connectivity index (χ3v) is 5.93. The van der Waals surface area contributed by atoms with E-state index in [0.29, 0.717) is 17.9 Å². The molecule has 1 saturated carbocycles. The number of halogens is 2. The molecular formula is C18H35Cl2N3O. The van der Waals surface area contributed by atoms with E-state index in [1.165, 1.54) is 38.5 Å². The number of carbonyl (C=O) groups is 1. The smallest absolute Gasteiger partial charge is 0.239 e. The Balaban J connectivity index is 0.00000144. The lowest BCUT2D eigenvalue weighted by Crippen LogP contribution is -2.45. The van der Waals surface area contributed by atoms with Gasteiger partial charge in [-0.15, -0.1) is 24.8 Å². The Kier molecular flexibility index (Phi) is 9.35. The summed E-state index contributed by atoms with van der Waals surface area (Å²) in [5.74, 6) is 1.82. The Morgan fingerprint density at radius 2 is 1.96 bits per heavy atom. The number of hydrogen-bond acceptors (Lipinski definition) is 3. The van der Waals surface area contributed by atoms with Crippen LogP contribution in [0.25, 0.3) is 0 Å². The maximum absolute atomic E-state index is 12.8. The molecule has 2 aliphatic heterocycles. The Bertz CT molecular complexity index is 382. The predicted molar refractivity (Wildman–Crippen MR) is 104 cm³/mol. The second kappa shape index (κ2) is 10.2. The van der Waals surface area contributed by atoms with Gasteiger partial charge >= 0.3 is 0 Å². The highest BCUT2D eigenvalue weighted by atomic mass is 35.5. The number of fused-ring (bicyclic) bond motifs is 1. The van der Waals surface area contributed by atoms with Crippen LogP contribution in [0, 0.1) is 11.8 Å². The van der Waals surface area contributed by atoms with E-state index in [9.17, 15) is 4.79 Å². The lowest BCUT2D eigenvalue weighted by molar-refractivity contribution is -0.132. The predicted octanol–water partition coefficient (Wildman–Crippen LogP) is 2.94. The van der Waals surface area contributed by atoms with Gasteiger partial charge in [-0.2, -0.15) is 0 Å². The molecule has 6 heteroatoms. The van der Waals surface area contributed by atoms with Gasteiger partial charge in [0.1, 0.15) is 0 Å². The molecule has 3 fully saturated rings. The number of nitrogens with one attached hydrogen (secondary N) is 1. The van der Waals surface area contributed by atoms with Gasteiger partial charge in [0.05, 0.1) is 6.04 Å². The largest absolute Gasteiger partial charge is 0.341 e. The van der Waals surface area contributed by atoms with E-state index >= 15 is 0 Å². The van der Waals surface area contributed by atoms with E-state index in [1.807, 2.05) is 0 Å². The molecule has 4 unspecified atom stereocenters. The molecule has 2 heterocycles. The Morgan fingerprint density at radius 3 is 2.67 bits per heavy atom. The topological polar surface area (TPSA) is 35.6 Å². The van der Waals surface area contributed by atoms with E-state index in [2.05, 4.69) is 29.1 Å². The average molecular weight is 380 g/mol. The number of nitrogens with zero attached hydrogens (tertiary/aromatic N) is 2. The van der Waals surface area contributed by atoms with Crippen LogP contribution in [0.5, 0.6) is 0 Å². The average Bonchev–Trinajstić information content (AvgIpc) is 3.13. The fraction of sp³-hybridized carbons (Fsp3) is 0.944. The van der Waals surface area contributed by atoms with Crippen LogP contribution in [0.1, 0.15) is 51.9 Å². The number of rotatable bonds is 5. The van der Waals surface area contributed by atoms with Gasteiger partial charge in [0, 0.05) is 25.7 Å². The van der Waals surface area contributed by atoms with Crippen molar-refractivity contribution in [2.75, 3.05) is 33.2 Å². The summed E-state index contributed by atoms with van der Waals surface area (Å²) in [6.45, 7) is 6.47. The zero-order chi connectivity index (χ0) is 15.5. The monoisotopic (exact) mass is 379 g/mol. The first-order chi connectivity index (χ1) is 10.7. The van der Waals surface area contributed by atoms with Gasteiger partial charge in [0.15, 0.2) is 0 Å². The standard InChI is InChI=1S/C18H33N3O.2ClH/c1-3-9-20(2)12-14-8-10-21(13-14)18(22)17-11-15-6-4-5-7-16(15)19-17;;/h14-17,19H,3-13H2,1-2H3;2*1H. The minimum Gasteiger partial charge on any atom is -0.341 e. The molecule has 0 aromatic rings. The summed E-state index contributed by atoms with van der Waals surface area (Å²) in [6.07, 6.45) is 8.77. The molecule has 4 nitrogen and oxygen atoms in total. The van der Waals surface area contributed by atoms with Crippen molar-refractivity contribution in [2.24, 2.45) is 11.8 Å². The van der Waals surface area contributed by atoms with Crippen LogP contribution in [-0.4, -0.2) is 61.0 Å². The van der Waals surface area contributed by atoms with E-state index in [4.69, 9.17) is 0 Å². The van der Waals surface area contributed by atoms with Crippen molar-refractivity contribution >= 4 is 30.7 Å². The van der Waals surface area contributed by atoms with Gasteiger partial charge in [0.25, 0.3) is 0 Å². The Morgan fingerprint density at radius 1 is 1.21 bits per heavy atom. The molecule has 0 radical (unpaired) electrons. The van der Waals surface area contributed by atoms with Gasteiger partial charge in [-0.1, -0.05) is 19.8 Å². The summed E-state index contributed by atoms with van der Waals surface area (Å²) >= 11 is 0. The lowest BCUT2D eigenvalue weighted by atomic mass is 9.85. The molecule has 0 spiro atoms. The molecule has 0 bridgehead atoms. The quantitative estimate of drug-likeness (QED) is 0.797. The normalized spacial score (nSPS) is 32.2.